The van der Waals surface area contributed by atoms with Crippen molar-refractivity contribution in [3.63, 3.8) is 0 Å². The molecular weight excluding hydrogens is 304 g/mol. The van der Waals surface area contributed by atoms with Crippen LogP contribution < -0.4 is 16.8 Å². The Balaban J connectivity index is 2.13. The van der Waals surface area contributed by atoms with Gasteiger partial charge in [0, 0.05) is 19.1 Å². The lowest BCUT2D eigenvalue weighted by molar-refractivity contribution is -0.135. The minimum atomic E-state index is -0.628. The molecule has 0 spiro atoms. The molecule has 0 aromatic heterocycles. The average molecular weight is 332 g/mol. The number of aryl methyl sites for hydroxylation is 1. The second kappa shape index (κ2) is 8.15. The fourth-order valence-electron chi connectivity index (χ4n) is 3.41. The molecule has 132 valence electrons. The molecule has 1 heterocycles. The number of rotatable bonds is 5. The molecule has 6 nitrogen and oxygen atoms in total. The number of nitrogens with zero attached hydrogens (tertiary/aromatic N) is 1. The van der Waals surface area contributed by atoms with Crippen LogP contribution in [0.1, 0.15) is 43.4 Å². The monoisotopic (exact) mass is 332 g/mol. The van der Waals surface area contributed by atoms with Crippen molar-refractivity contribution in [1.82, 2.24) is 10.2 Å². The zero-order valence-corrected chi connectivity index (χ0v) is 14.5. The van der Waals surface area contributed by atoms with Crippen LogP contribution in [-0.4, -0.2) is 36.0 Å². The summed E-state index contributed by atoms with van der Waals surface area (Å²) in [6.45, 7) is 5.35. The van der Waals surface area contributed by atoms with Crippen LogP contribution in [0.4, 0.5) is 4.79 Å². The summed E-state index contributed by atoms with van der Waals surface area (Å²) in [7, 11) is 0. The number of amides is 3. The summed E-state index contributed by atoms with van der Waals surface area (Å²) >= 11 is 0. The Bertz CT molecular complexity index is 590. The third-order valence-electron chi connectivity index (χ3n) is 4.71. The van der Waals surface area contributed by atoms with Gasteiger partial charge in [-0.3, -0.25) is 4.79 Å². The van der Waals surface area contributed by atoms with E-state index in [4.69, 9.17) is 11.5 Å². The number of hydrogen-bond donors (Lipinski definition) is 3. The topological polar surface area (TPSA) is 101 Å². The first-order valence-corrected chi connectivity index (χ1v) is 8.52. The van der Waals surface area contributed by atoms with Crippen molar-refractivity contribution in [2.24, 2.45) is 17.4 Å². The summed E-state index contributed by atoms with van der Waals surface area (Å²) in [5.41, 5.74) is 13.1. The molecule has 2 rings (SSSR count). The van der Waals surface area contributed by atoms with Gasteiger partial charge >= 0.3 is 6.03 Å². The third kappa shape index (κ3) is 4.71. The number of primary amides is 1. The van der Waals surface area contributed by atoms with Crippen molar-refractivity contribution in [3.8, 4) is 0 Å². The van der Waals surface area contributed by atoms with Crippen LogP contribution in [-0.2, 0) is 4.79 Å². The maximum absolute atomic E-state index is 12.8. The van der Waals surface area contributed by atoms with Gasteiger partial charge in [0.15, 0.2) is 0 Å². The highest BCUT2D eigenvalue weighted by Crippen LogP contribution is 2.25. The Morgan fingerprint density at radius 2 is 2.17 bits per heavy atom. The van der Waals surface area contributed by atoms with E-state index in [9.17, 15) is 9.59 Å². The van der Waals surface area contributed by atoms with Crippen molar-refractivity contribution >= 4 is 11.9 Å². The summed E-state index contributed by atoms with van der Waals surface area (Å²) in [5.74, 6) is 0.594. The molecule has 1 aliphatic heterocycles. The number of piperidine rings is 1. The van der Waals surface area contributed by atoms with Crippen molar-refractivity contribution < 1.29 is 9.59 Å². The molecule has 1 aromatic rings. The Labute approximate surface area is 143 Å². The standard InChI is InChI=1S/C18H28N4O2/c1-12-4-3-5-14(8-12)16(21-18(20)24)10-17(23)22-7-6-13(2)9-15(22)11-19/h3-5,8,13,15-16H,6-7,9-11,19H2,1-2H3,(H3,20,21,24). The zero-order chi connectivity index (χ0) is 17.7. The van der Waals surface area contributed by atoms with Gasteiger partial charge in [0.25, 0.3) is 0 Å². The van der Waals surface area contributed by atoms with Gasteiger partial charge in [-0.1, -0.05) is 36.8 Å². The van der Waals surface area contributed by atoms with Crippen LogP contribution in [0.2, 0.25) is 0 Å². The minimum absolute atomic E-state index is 0.0117. The molecule has 3 unspecified atom stereocenters. The van der Waals surface area contributed by atoms with E-state index in [2.05, 4.69) is 12.2 Å². The van der Waals surface area contributed by atoms with Gasteiger partial charge in [-0.05, 0) is 31.2 Å². The number of hydrogen-bond acceptors (Lipinski definition) is 3. The normalized spacial score (nSPS) is 22.0. The number of nitrogens with one attached hydrogen (secondary N) is 1. The SMILES string of the molecule is Cc1cccc(C(CC(=O)N2CCC(C)CC2CN)NC(N)=O)c1. The highest BCUT2D eigenvalue weighted by Gasteiger charge is 2.30. The molecule has 1 fully saturated rings. The lowest BCUT2D eigenvalue weighted by Crippen LogP contribution is -2.50. The number of urea groups is 1. The van der Waals surface area contributed by atoms with E-state index in [0.717, 1.165) is 30.5 Å². The Morgan fingerprint density at radius 1 is 1.42 bits per heavy atom. The third-order valence-corrected chi connectivity index (χ3v) is 4.71. The first kappa shape index (κ1) is 18.3. The maximum Gasteiger partial charge on any atom is 0.312 e. The fraction of sp³-hybridized carbons (Fsp3) is 0.556. The van der Waals surface area contributed by atoms with E-state index in [-0.39, 0.29) is 18.4 Å². The Morgan fingerprint density at radius 3 is 2.79 bits per heavy atom. The highest BCUT2D eigenvalue weighted by molar-refractivity contribution is 5.79. The summed E-state index contributed by atoms with van der Waals surface area (Å²) in [4.78, 5) is 26.0. The summed E-state index contributed by atoms with van der Waals surface area (Å²) < 4.78 is 0. The van der Waals surface area contributed by atoms with Crippen LogP contribution in [0.5, 0.6) is 0 Å². The number of nitrogens with two attached hydrogens (primary N) is 2. The van der Waals surface area contributed by atoms with E-state index in [0.29, 0.717) is 12.5 Å². The maximum atomic E-state index is 12.8. The Hall–Kier alpha value is -2.08. The van der Waals surface area contributed by atoms with Crippen LogP contribution in [0, 0.1) is 12.8 Å². The lowest BCUT2D eigenvalue weighted by Gasteiger charge is -2.38. The summed E-state index contributed by atoms with van der Waals surface area (Å²) in [6, 6.07) is 6.78. The van der Waals surface area contributed by atoms with Crippen molar-refractivity contribution in [3.05, 3.63) is 35.4 Å². The van der Waals surface area contributed by atoms with Crippen LogP contribution >= 0.6 is 0 Å². The van der Waals surface area contributed by atoms with Gasteiger partial charge in [-0.15, -0.1) is 0 Å². The average Bonchev–Trinajstić information content (AvgIpc) is 2.53. The lowest BCUT2D eigenvalue weighted by atomic mass is 9.91. The van der Waals surface area contributed by atoms with Crippen LogP contribution in [0.25, 0.3) is 0 Å². The first-order valence-electron chi connectivity index (χ1n) is 8.52. The van der Waals surface area contributed by atoms with E-state index >= 15 is 0 Å². The molecule has 3 atom stereocenters. The largest absolute Gasteiger partial charge is 0.352 e. The molecule has 1 saturated heterocycles. The van der Waals surface area contributed by atoms with E-state index in [1.54, 1.807) is 0 Å². The highest BCUT2D eigenvalue weighted by atomic mass is 16.2. The van der Waals surface area contributed by atoms with E-state index in [1.807, 2.05) is 36.1 Å². The number of carbonyl (C=O) groups is 2. The van der Waals surface area contributed by atoms with Crippen molar-refractivity contribution in [1.29, 1.82) is 0 Å². The Kier molecular flexibility index (Phi) is 6.20. The van der Waals surface area contributed by atoms with Gasteiger partial charge in [-0.2, -0.15) is 0 Å². The molecule has 6 heteroatoms. The molecular formula is C18H28N4O2. The van der Waals surface area contributed by atoms with Crippen molar-refractivity contribution in [2.45, 2.75) is 45.2 Å². The number of benzene rings is 1. The van der Waals surface area contributed by atoms with E-state index in [1.165, 1.54) is 0 Å². The summed E-state index contributed by atoms with van der Waals surface area (Å²) in [6.07, 6.45) is 2.11. The second-order valence-corrected chi connectivity index (χ2v) is 6.79. The smallest absolute Gasteiger partial charge is 0.312 e. The number of likely N-dealkylation sites (tertiary alicyclic amines) is 1. The zero-order valence-electron chi connectivity index (χ0n) is 14.5. The van der Waals surface area contributed by atoms with Gasteiger partial charge in [-0.25, -0.2) is 4.79 Å². The molecule has 0 aliphatic carbocycles. The van der Waals surface area contributed by atoms with E-state index < -0.39 is 12.1 Å². The fourth-order valence-corrected chi connectivity index (χ4v) is 3.41. The molecule has 1 aliphatic rings. The predicted molar refractivity (Wildman–Crippen MR) is 94.2 cm³/mol. The molecule has 0 bridgehead atoms. The molecule has 0 saturated carbocycles. The molecule has 5 N–H and O–H groups in total. The van der Waals surface area contributed by atoms with Crippen LogP contribution in [0.3, 0.4) is 0 Å². The number of carbonyl (C=O) groups excluding carboxylic acids is 2. The first-order chi connectivity index (χ1) is 11.4. The van der Waals surface area contributed by atoms with Gasteiger partial charge in [0.05, 0.1) is 12.5 Å². The molecule has 1 aromatic carbocycles. The van der Waals surface area contributed by atoms with Crippen LogP contribution in [0.15, 0.2) is 24.3 Å². The second-order valence-electron chi connectivity index (χ2n) is 6.79. The van der Waals surface area contributed by atoms with Gasteiger partial charge in [0.2, 0.25) is 5.91 Å². The molecule has 3 amide bonds. The summed E-state index contributed by atoms with van der Waals surface area (Å²) in [5, 5.41) is 2.70. The molecule has 24 heavy (non-hydrogen) atoms. The predicted octanol–water partition coefficient (Wildman–Crippen LogP) is 1.68. The van der Waals surface area contributed by atoms with Gasteiger partial charge < -0.3 is 21.7 Å². The molecule has 0 radical (unpaired) electrons. The quantitative estimate of drug-likeness (QED) is 0.764. The minimum Gasteiger partial charge on any atom is -0.352 e. The van der Waals surface area contributed by atoms with Gasteiger partial charge in [0.1, 0.15) is 0 Å². The van der Waals surface area contributed by atoms with Crippen molar-refractivity contribution in [2.75, 3.05) is 13.1 Å².